The zero-order chi connectivity index (χ0) is 55.2. The van der Waals surface area contributed by atoms with Crippen molar-refractivity contribution in [2.24, 2.45) is 28.9 Å². The second kappa shape index (κ2) is 31.4. The number of primary amides is 2. The molecule has 9 unspecified atom stereocenters. The summed E-state index contributed by atoms with van der Waals surface area (Å²) in [6.07, 6.45) is -4.93. The Hall–Kier alpha value is -6.07. The van der Waals surface area contributed by atoms with Crippen molar-refractivity contribution in [2.45, 2.75) is 185 Å². The Balaban J connectivity index is 3.34. The first kappa shape index (κ1) is 63.9. The Morgan fingerprint density at radius 2 is 0.972 bits per heavy atom. The van der Waals surface area contributed by atoms with Gasteiger partial charge in [0, 0.05) is 6.54 Å². The predicted molar refractivity (Wildman–Crippen MR) is 256 cm³/mol. The first-order valence-corrected chi connectivity index (χ1v) is 24.1. The minimum atomic E-state index is -1.91. The Morgan fingerprint density at radius 1 is 0.542 bits per heavy atom. The molecule has 0 bridgehead atoms. The van der Waals surface area contributed by atoms with Gasteiger partial charge < -0.3 is 90.8 Å². The lowest BCUT2D eigenvalue weighted by atomic mass is 10.0. The molecule has 11 amide bonds. The van der Waals surface area contributed by atoms with Gasteiger partial charge in [0.25, 0.3) is 0 Å². The molecule has 0 aromatic rings. The van der Waals surface area contributed by atoms with Crippen LogP contribution in [0.4, 0.5) is 0 Å². The number of rotatable bonds is 32. The Morgan fingerprint density at radius 3 is 1.38 bits per heavy atom. The molecule has 1 aliphatic heterocycles. The number of hydrogen-bond donors (Lipinski definition) is 16. The van der Waals surface area contributed by atoms with Gasteiger partial charge in [-0.05, 0) is 78.7 Å². The van der Waals surface area contributed by atoms with E-state index in [-0.39, 0.29) is 32.4 Å². The van der Waals surface area contributed by atoms with E-state index in [9.17, 15) is 73.2 Å². The molecule has 1 rings (SSSR count). The average Bonchev–Trinajstić information content (AvgIpc) is 3.79. The Labute approximate surface area is 418 Å². The molecule has 13 atom stereocenters. The standard InChI is InChI=1S/C44H79N13O15/c1-8-9-13-25(50-38(66)27(18-29(47)62)49-30(63)19-46)37(65)51-26(14-10-11-16-45)44(72)57-17-12-15-28(57)39(67)53-32(21(4)58)41(69)55-34(23(6)60)43(71)56-35(24(7)61)42(70)54-33(22(5)59)40(68)52-31(20(2)3)36(48)64/h20-28,31-35,58-61H,8-19,45-46H2,1-7H3,(H2,47,62)(H2,48,64)(H,49,63)(H,50,66)(H,51,65)(H,52,68)(H,53,67)(H,54,70)(H,55,69)(H,56,71)/t21-,22+,23+,24-,25?,26?,27?,28?,31?,32?,33?,34?,35?/m0/s1. The zero-order valence-electron chi connectivity index (χ0n) is 42.1. The Kier molecular flexibility index (Phi) is 27.9. The summed E-state index contributed by atoms with van der Waals surface area (Å²) >= 11 is 0. The second-order valence-electron chi connectivity index (χ2n) is 18.3. The van der Waals surface area contributed by atoms with E-state index in [1.807, 2.05) is 6.92 Å². The van der Waals surface area contributed by atoms with Gasteiger partial charge in [0.05, 0.1) is 37.4 Å². The van der Waals surface area contributed by atoms with E-state index in [0.717, 1.165) is 27.7 Å². The monoisotopic (exact) mass is 1030 g/mol. The van der Waals surface area contributed by atoms with Gasteiger partial charge in [0.15, 0.2) is 0 Å². The van der Waals surface area contributed by atoms with Gasteiger partial charge in [-0.2, -0.15) is 0 Å². The summed E-state index contributed by atoms with van der Waals surface area (Å²) in [5, 5.41) is 60.9. The van der Waals surface area contributed by atoms with Crippen LogP contribution in [0.15, 0.2) is 0 Å². The van der Waals surface area contributed by atoms with Gasteiger partial charge in [0.2, 0.25) is 65.0 Å². The minimum Gasteiger partial charge on any atom is -0.391 e. The highest BCUT2D eigenvalue weighted by Crippen LogP contribution is 2.21. The van der Waals surface area contributed by atoms with E-state index in [1.54, 1.807) is 13.8 Å². The second-order valence-corrected chi connectivity index (χ2v) is 18.3. The van der Waals surface area contributed by atoms with Gasteiger partial charge in [0.1, 0.15) is 54.4 Å². The van der Waals surface area contributed by atoms with Crippen LogP contribution >= 0.6 is 0 Å². The lowest BCUT2D eigenvalue weighted by Crippen LogP contribution is -2.65. The van der Waals surface area contributed by atoms with Crippen molar-refractivity contribution in [2.75, 3.05) is 19.6 Å². The number of aliphatic hydroxyl groups is 4. The topological polar surface area (TPSA) is 472 Å². The van der Waals surface area contributed by atoms with Crippen LogP contribution in [-0.2, 0) is 52.7 Å². The van der Waals surface area contributed by atoms with Gasteiger partial charge >= 0.3 is 0 Å². The van der Waals surface area contributed by atoms with Crippen molar-refractivity contribution in [1.29, 1.82) is 0 Å². The third-order valence-corrected chi connectivity index (χ3v) is 11.6. The van der Waals surface area contributed by atoms with Gasteiger partial charge in [-0.25, -0.2) is 0 Å². The van der Waals surface area contributed by atoms with E-state index < -0.39 is 163 Å². The maximum atomic E-state index is 14.3. The normalized spacial score (nSPS) is 18.4. The maximum Gasteiger partial charge on any atom is 0.245 e. The molecule has 0 radical (unpaired) electrons. The molecule has 1 saturated heterocycles. The third kappa shape index (κ3) is 20.6. The summed E-state index contributed by atoms with van der Waals surface area (Å²) in [5.74, 6) is -11.1. The molecule has 0 saturated carbocycles. The molecule has 1 heterocycles. The molecule has 0 aromatic heterocycles. The number of nitrogens with zero attached hydrogens (tertiary/aromatic N) is 1. The predicted octanol–water partition coefficient (Wildman–Crippen LogP) is -7.33. The number of hydrogen-bond acceptors (Lipinski definition) is 17. The molecule has 410 valence electrons. The number of carbonyl (C=O) groups excluding carboxylic acids is 11. The zero-order valence-corrected chi connectivity index (χ0v) is 42.1. The molecular formula is C44H79N13O15. The smallest absolute Gasteiger partial charge is 0.245 e. The fourth-order valence-corrected chi connectivity index (χ4v) is 7.55. The van der Waals surface area contributed by atoms with Crippen LogP contribution in [0.5, 0.6) is 0 Å². The summed E-state index contributed by atoms with van der Waals surface area (Å²) in [7, 11) is 0. The molecule has 72 heavy (non-hydrogen) atoms. The van der Waals surface area contributed by atoms with Crippen LogP contribution < -0.4 is 65.5 Å². The van der Waals surface area contributed by atoms with Crippen molar-refractivity contribution >= 4 is 65.0 Å². The van der Waals surface area contributed by atoms with Crippen LogP contribution in [0.25, 0.3) is 0 Å². The van der Waals surface area contributed by atoms with Crippen LogP contribution in [0.1, 0.15) is 106 Å². The molecule has 1 fully saturated rings. The van der Waals surface area contributed by atoms with Crippen LogP contribution in [0.3, 0.4) is 0 Å². The van der Waals surface area contributed by atoms with Crippen molar-refractivity contribution < 1.29 is 73.2 Å². The summed E-state index contributed by atoms with van der Waals surface area (Å²) in [5.41, 5.74) is 21.7. The highest BCUT2D eigenvalue weighted by molar-refractivity contribution is 5.99. The molecular weight excluding hydrogens is 951 g/mol. The average molecular weight is 1030 g/mol. The van der Waals surface area contributed by atoms with Gasteiger partial charge in [-0.15, -0.1) is 0 Å². The molecule has 0 aromatic carbocycles. The van der Waals surface area contributed by atoms with Gasteiger partial charge in [-0.3, -0.25) is 52.7 Å². The molecule has 20 N–H and O–H groups in total. The minimum absolute atomic E-state index is 0.0220. The lowest BCUT2D eigenvalue weighted by Gasteiger charge is -2.32. The fraction of sp³-hybridized carbons (Fsp3) is 0.750. The highest BCUT2D eigenvalue weighted by atomic mass is 16.3. The summed E-state index contributed by atoms with van der Waals surface area (Å²) in [6.45, 7) is 9.22. The summed E-state index contributed by atoms with van der Waals surface area (Å²) < 4.78 is 0. The van der Waals surface area contributed by atoms with E-state index >= 15 is 0 Å². The molecule has 0 spiro atoms. The van der Waals surface area contributed by atoms with Crippen LogP contribution in [0.2, 0.25) is 0 Å². The van der Waals surface area contributed by atoms with Crippen molar-refractivity contribution in [1.82, 2.24) is 47.4 Å². The number of carbonyl (C=O) groups is 11. The summed E-state index contributed by atoms with van der Waals surface area (Å²) in [4.78, 5) is 146. The fourth-order valence-electron chi connectivity index (χ4n) is 7.55. The van der Waals surface area contributed by atoms with Crippen LogP contribution in [-0.4, -0.2) is 189 Å². The number of nitrogens with one attached hydrogen (secondary N) is 8. The first-order chi connectivity index (χ1) is 33.6. The lowest BCUT2D eigenvalue weighted by molar-refractivity contribution is -0.143. The number of unbranched alkanes of at least 4 members (excludes halogenated alkanes) is 2. The number of likely N-dealkylation sites (tertiary alicyclic amines) is 1. The van der Waals surface area contributed by atoms with Crippen LogP contribution in [0, 0.1) is 5.92 Å². The van der Waals surface area contributed by atoms with E-state index in [4.69, 9.17) is 22.9 Å². The largest absolute Gasteiger partial charge is 0.391 e. The van der Waals surface area contributed by atoms with Crippen molar-refractivity contribution in [3.8, 4) is 0 Å². The Bertz CT molecular complexity index is 1890. The van der Waals surface area contributed by atoms with Crippen molar-refractivity contribution in [3.05, 3.63) is 0 Å². The number of nitrogens with two attached hydrogens (primary N) is 4. The van der Waals surface area contributed by atoms with E-state index in [2.05, 4.69) is 42.5 Å². The van der Waals surface area contributed by atoms with Crippen molar-refractivity contribution in [3.63, 3.8) is 0 Å². The van der Waals surface area contributed by atoms with E-state index in [0.29, 0.717) is 32.1 Å². The highest BCUT2D eigenvalue weighted by Gasteiger charge is 2.42. The summed E-state index contributed by atoms with van der Waals surface area (Å²) in [6, 6.07) is -13.7. The SMILES string of the molecule is CCCCC(NC(=O)C(CC(N)=O)NC(=O)CN)C(=O)NC(CCCCN)C(=O)N1CCCC1C(=O)NC(C(=O)NC(C(=O)NC(C(=O)NC(C(=O)NC(C(N)=O)C(C)C)[C@@H](C)O)[C@H](C)O)[C@@H](C)O)[C@H](C)O. The van der Waals surface area contributed by atoms with E-state index in [1.165, 1.54) is 4.90 Å². The first-order valence-electron chi connectivity index (χ1n) is 24.1. The molecule has 28 nitrogen and oxygen atoms in total. The van der Waals surface area contributed by atoms with Gasteiger partial charge in [-0.1, -0.05) is 33.6 Å². The maximum absolute atomic E-state index is 14.3. The number of aliphatic hydroxyl groups excluding tert-OH is 4. The molecule has 0 aliphatic carbocycles. The quantitative estimate of drug-likeness (QED) is 0.0278. The molecule has 28 heteroatoms. The number of amides is 11. The molecule has 1 aliphatic rings. The third-order valence-electron chi connectivity index (χ3n) is 11.6.